The van der Waals surface area contributed by atoms with Gasteiger partial charge in [0.25, 0.3) is 5.91 Å². The highest BCUT2D eigenvalue weighted by Crippen LogP contribution is 2.48. The lowest BCUT2D eigenvalue weighted by Crippen LogP contribution is -2.58. The number of halogens is 4. The topological polar surface area (TPSA) is 42.0 Å². The number of hydrogen-bond acceptors (Lipinski definition) is 2. The van der Waals surface area contributed by atoms with Crippen LogP contribution in [0.3, 0.4) is 0 Å². The summed E-state index contributed by atoms with van der Waals surface area (Å²) in [6.07, 6.45) is -3.63. The van der Waals surface area contributed by atoms with E-state index < -0.39 is 23.5 Å². The third-order valence-electron chi connectivity index (χ3n) is 4.28. The number of pyridine rings is 1. The van der Waals surface area contributed by atoms with Crippen molar-refractivity contribution < 1.29 is 18.0 Å². The van der Waals surface area contributed by atoms with Crippen molar-refractivity contribution in [3.8, 4) is 0 Å². The Morgan fingerprint density at radius 2 is 1.96 bits per heavy atom. The molecule has 1 N–H and O–H groups in total. The van der Waals surface area contributed by atoms with E-state index in [2.05, 4.69) is 10.3 Å². The fourth-order valence-corrected chi connectivity index (χ4v) is 2.90. The average molecular weight is 343 g/mol. The second-order valence-electron chi connectivity index (χ2n) is 5.95. The van der Waals surface area contributed by atoms with Crippen molar-refractivity contribution in [3.63, 3.8) is 0 Å². The standard InChI is InChI=1S/C16H14ClF3N2O/c1-15(10-6-7-10,16(18,19)20)22-14(23)12-8-9-4-2-3-5-11(9)13(17)21-12/h2-5,8,10H,6-7H2,1H3,(H,22,23). The molecule has 0 saturated heterocycles. The van der Waals surface area contributed by atoms with Crippen molar-refractivity contribution in [2.24, 2.45) is 5.92 Å². The van der Waals surface area contributed by atoms with Gasteiger partial charge in [0, 0.05) is 5.39 Å². The maximum atomic E-state index is 13.3. The lowest BCUT2D eigenvalue weighted by molar-refractivity contribution is -0.194. The number of aromatic nitrogens is 1. The fraction of sp³-hybridized carbons (Fsp3) is 0.375. The Bertz CT molecular complexity index is 773. The highest BCUT2D eigenvalue weighted by Gasteiger charge is 2.60. The maximum absolute atomic E-state index is 13.3. The van der Waals surface area contributed by atoms with Gasteiger partial charge in [-0.3, -0.25) is 4.79 Å². The number of fused-ring (bicyclic) bond motifs is 1. The van der Waals surface area contributed by atoms with Gasteiger partial charge in [-0.2, -0.15) is 13.2 Å². The molecular weight excluding hydrogens is 329 g/mol. The molecule has 1 atom stereocenters. The number of alkyl halides is 3. The monoisotopic (exact) mass is 342 g/mol. The largest absolute Gasteiger partial charge is 0.411 e. The Morgan fingerprint density at radius 3 is 2.57 bits per heavy atom. The lowest BCUT2D eigenvalue weighted by atomic mass is 9.94. The molecule has 1 aromatic heterocycles. The molecule has 1 unspecified atom stereocenters. The molecule has 3 rings (SSSR count). The third-order valence-corrected chi connectivity index (χ3v) is 4.57. The molecule has 1 aliphatic carbocycles. The summed E-state index contributed by atoms with van der Waals surface area (Å²) in [5, 5.41) is 3.51. The van der Waals surface area contributed by atoms with E-state index in [0.29, 0.717) is 23.6 Å². The summed E-state index contributed by atoms with van der Waals surface area (Å²) in [6.45, 7) is 1.02. The average Bonchev–Trinajstić information content (AvgIpc) is 3.30. The molecule has 2 aromatic rings. The zero-order valence-electron chi connectivity index (χ0n) is 12.2. The number of nitrogens with one attached hydrogen (secondary N) is 1. The van der Waals surface area contributed by atoms with Crippen molar-refractivity contribution in [2.75, 3.05) is 0 Å². The van der Waals surface area contributed by atoms with Gasteiger partial charge in [-0.15, -0.1) is 0 Å². The quantitative estimate of drug-likeness (QED) is 0.843. The molecule has 23 heavy (non-hydrogen) atoms. The van der Waals surface area contributed by atoms with Gasteiger partial charge in [0.1, 0.15) is 16.4 Å². The van der Waals surface area contributed by atoms with Crippen molar-refractivity contribution in [1.29, 1.82) is 0 Å². The molecular formula is C16H14ClF3N2O. The van der Waals surface area contributed by atoms with Crippen molar-refractivity contribution >= 4 is 28.3 Å². The first-order valence-corrected chi connectivity index (χ1v) is 7.55. The number of hydrogen-bond donors (Lipinski definition) is 1. The van der Waals surface area contributed by atoms with Gasteiger partial charge >= 0.3 is 6.18 Å². The number of amides is 1. The summed E-state index contributed by atoms with van der Waals surface area (Å²) in [5.41, 5.74) is -2.37. The van der Waals surface area contributed by atoms with Crippen LogP contribution in [-0.2, 0) is 0 Å². The zero-order valence-corrected chi connectivity index (χ0v) is 13.0. The Labute approximate surface area is 135 Å². The SMILES string of the molecule is CC(NC(=O)c1cc2ccccc2c(Cl)n1)(C1CC1)C(F)(F)F. The molecule has 0 aliphatic heterocycles. The van der Waals surface area contributed by atoms with Crippen LogP contribution in [0, 0.1) is 5.92 Å². The summed E-state index contributed by atoms with van der Waals surface area (Å²) in [4.78, 5) is 16.2. The van der Waals surface area contributed by atoms with E-state index in [0.717, 1.165) is 6.92 Å². The van der Waals surface area contributed by atoms with Crippen LogP contribution < -0.4 is 5.32 Å². The van der Waals surface area contributed by atoms with Gasteiger partial charge in [-0.05, 0) is 37.1 Å². The lowest BCUT2D eigenvalue weighted by Gasteiger charge is -2.33. The van der Waals surface area contributed by atoms with Crippen LogP contribution in [0.25, 0.3) is 10.8 Å². The smallest absolute Gasteiger partial charge is 0.336 e. The van der Waals surface area contributed by atoms with E-state index >= 15 is 0 Å². The molecule has 0 radical (unpaired) electrons. The molecule has 1 heterocycles. The molecule has 1 aromatic carbocycles. The van der Waals surface area contributed by atoms with Gasteiger partial charge in [0.15, 0.2) is 0 Å². The molecule has 1 saturated carbocycles. The summed E-state index contributed by atoms with van der Waals surface area (Å²) in [5.74, 6) is -1.47. The van der Waals surface area contributed by atoms with Crippen LogP contribution in [0.5, 0.6) is 0 Å². The van der Waals surface area contributed by atoms with Gasteiger partial charge in [-0.25, -0.2) is 4.98 Å². The second-order valence-corrected chi connectivity index (χ2v) is 6.31. The summed E-state index contributed by atoms with van der Waals surface area (Å²) in [6, 6.07) is 8.42. The normalized spacial score (nSPS) is 17.8. The van der Waals surface area contributed by atoms with Crippen LogP contribution in [0.2, 0.25) is 5.15 Å². The fourth-order valence-electron chi connectivity index (χ4n) is 2.64. The number of carbonyl (C=O) groups excluding carboxylic acids is 1. The van der Waals surface area contributed by atoms with E-state index in [9.17, 15) is 18.0 Å². The Balaban J connectivity index is 1.94. The minimum absolute atomic E-state index is 0.0911. The molecule has 1 aliphatic rings. The molecule has 122 valence electrons. The van der Waals surface area contributed by atoms with Crippen molar-refractivity contribution in [2.45, 2.75) is 31.5 Å². The van der Waals surface area contributed by atoms with E-state index in [4.69, 9.17) is 11.6 Å². The highest BCUT2D eigenvalue weighted by atomic mass is 35.5. The van der Waals surface area contributed by atoms with Crippen LogP contribution in [0.4, 0.5) is 13.2 Å². The molecule has 1 fully saturated rings. The molecule has 1 amide bonds. The molecule has 0 bridgehead atoms. The molecule has 3 nitrogen and oxygen atoms in total. The first-order chi connectivity index (χ1) is 10.7. The summed E-state index contributed by atoms with van der Waals surface area (Å²) in [7, 11) is 0. The Kier molecular flexibility index (Phi) is 3.75. The Morgan fingerprint density at radius 1 is 1.30 bits per heavy atom. The van der Waals surface area contributed by atoms with Crippen molar-refractivity contribution in [1.82, 2.24) is 10.3 Å². The maximum Gasteiger partial charge on any atom is 0.411 e. The van der Waals surface area contributed by atoms with E-state index in [1.165, 1.54) is 6.07 Å². The number of benzene rings is 1. The highest BCUT2D eigenvalue weighted by molar-refractivity contribution is 6.34. The first kappa shape index (κ1) is 16.1. The predicted molar refractivity (Wildman–Crippen MR) is 81.4 cm³/mol. The van der Waals surface area contributed by atoms with Crippen LogP contribution >= 0.6 is 11.6 Å². The number of carbonyl (C=O) groups is 1. The van der Waals surface area contributed by atoms with Crippen molar-refractivity contribution in [3.05, 3.63) is 41.2 Å². The van der Waals surface area contributed by atoms with Crippen LogP contribution in [0.15, 0.2) is 30.3 Å². The van der Waals surface area contributed by atoms with Gasteiger partial charge in [-0.1, -0.05) is 35.9 Å². The van der Waals surface area contributed by atoms with Crippen LogP contribution in [-0.4, -0.2) is 22.6 Å². The molecule has 0 spiro atoms. The van der Waals surface area contributed by atoms with E-state index in [1.807, 2.05) is 0 Å². The number of rotatable bonds is 3. The van der Waals surface area contributed by atoms with Gasteiger partial charge in [0.2, 0.25) is 0 Å². The predicted octanol–water partition coefficient (Wildman–Crippen LogP) is 4.35. The third kappa shape index (κ3) is 2.87. The van der Waals surface area contributed by atoms with Crippen LogP contribution in [0.1, 0.15) is 30.3 Å². The Hall–Kier alpha value is -1.82. The first-order valence-electron chi connectivity index (χ1n) is 7.17. The van der Waals surface area contributed by atoms with Gasteiger partial charge < -0.3 is 5.32 Å². The second kappa shape index (κ2) is 5.37. The molecule has 7 heteroatoms. The van der Waals surface area contributed by atoms with Gasteiger partial charge in [0.05, 0.1) is 0 Å². The minimum atomic E-state index is -4.52. The summed E-state index contributed by atoms with van der Waals surface area (Å²) < 4.78 is 40.0. The summed E-state index contributed by atoms with van der Waals surface area (Å²) >= 11 is 6.03. The zero-order chi connectivity index (χ0) is 16.8. The van der Waals surface area contributed by atoms with E-state index in [1.54, 1.807) is 24.3 Å². The minimum Gasteiger partial charge on any atom is -0.336 e. The number of nitrogens with zero attached hydrogens (tertiary/aromatic N) is 1. The van der Waals surface area contributed by atoms with E-state index in [-0.39, 0.29) is 10.8 Å².